The van der Waals surface area contributed by atoms with Crippen LogP contribution in [-0.4, -0.2) is 32.2 Å². The van der Waals surface area contributed by atoms with E-state index in [1.165, 1.54) is 33.5 Å². The fourth-order valence-corrected chi connectivity index (χ4v) is 2.80. The van der Waals surface area contributed by atoms with Gasteiger partial charge >= 0.3 is 0 Å². The van der Waals surface area contributed by atoms with Crippen LogP contribution in [0.25, 0.3) is 10.9 Å². The van der Waals surface area contributed by atoms with Crippen molar-refractivity contribution in [3.05, 3.63) is 46.9 Å². The molecule has 8 heteroatoms. The van der Waals surface area contributed by atoms with E-state index in [2.05, 4.69) is 10.3 Å². The van der Waals surface area contributed by atoms with E-state index in [1.54, 1.807) is 12.1 Å². The molecule has 0 fully saturated rings. The second-order valence-electron chi connectivity index (χ2n) is 5.36. The van der Waals surface area contributed by atoms with E-state index in [0.717, 1.165) is 6.07 Å². The van der Waals surface area contributed by atoms with Gasteiger partial charge in [0, 0.05) is 16.5 Å². The lowest BCUT2D eigenvalue weighted by Crippen LogP contribution is -2.13. The van der Waals surface area contributed by atoms with Gasteiger partial charge in [-0.25, -0.2) is 4.39 Å². The van der Waals surface area contributed by atoms with Crippen LogP contribution in [0.5, 0.6) is 17.2 Å². The number of aromatic nitrogens is 1. The largest absolute Gasteiger partial charge is 0.496 e. The topological polar surface area (TPSA) is 72.6 Å². The molecule has 0 radical (unpaired) electrons. The number of methoxy groups -OCH3 is 3. The third kappa shape index (κ3) is 3.13. The third-order valence-corrected chi connectivity index (χ3v) is 4.10. The first kappa shape index (κ1) is 17.9. The molecule has 26 heavy (non-hydrogen) atoms. The van der Waals surface area contributed by atoms with Gasteiger partial charge in [0.2, 0.25) is 0 Å². The summed E-state index contributed by atoms with van der Waals surface area (Å²) in [6, 6.07) is 7.26. The van der Waals surface area contributed by atoms with Crippen LogP contribution >= 0.6 is 11.6 Å². The molecule has 1 amide bonds. The molecule has 0 aliphatic carbocycles. The van der Waals surface area contributed by atoms with Crippen molar-refractivity contribution in [3.63, 3.8) is 0 Å². The molecule has 0 spiro atoms. The number of anilines is 1. The highest BCUT2D eigenvalue weighted by Crippen LogP contribution is 2.41. The number of hydrogen-bond acceptors (Lipinski definition) is 4. The third-order valence-electron chi connectivity index (χ3n) is 3.86. The standard InChI is InChI=1S/C18H16ClFN2O4/c1-24-14-8-15(25-2)17(26-3)16-10(14)7-13(21-16)18(23)22-12-5-4-9(19)6-11(12)20/h4-8,21H,1-3H3,(H,22,23). The number of aromatic amines is 1. The molecule has 0 unspecified atom stereocenters. The normalized spacial score (nSPS) is 10.7. The predicted molar refractivity (Wildman–Crippen MR) is 97.3 cm³/mol. The number of carbonyl (C=O) groups excluding carboxylic acids is 1. The van der Waals surface area contributed by atoms with Gasteiger partial charge in [-0.3, -0.25) is 4.79 Å². The van der Waals surface area contributed by atoms with Gasteiger partial charge in [0.1, 0.15) is 17.3 Å². The Bertz CT molecular complexity index is 987. The number of amides is 1. The Kier molecular flexibility index (Phi) is 4.90. The number of H-pyrrole nitrogens is 1. The maximum Gasteiger partial charge on any atom is 0.272 e. The van der Waals surface area contributed by atoms with Crippen molar-refractivity contribution in [2.75, 3.05) is 26.6 Å². The number of rotatable bonds is 5. The molecule has 0 aliphatic rings. The smallest absolute Gasteiger partial charge is 0.272 e. The zero-order valence-electron chi connectivity index (χ0n) is 14.3. The van der Waals surface area contributed by atoms with E-state index in [9.17, 15) is 9.18 Å². The number of nitrogens with one attached hydrogen (secondary N) is 2. The van der Waals surface area contributed by atoms with Crippen molar-refractivity contribution in [2.24, 2.45) is 0 Å². The average Bonchev–Trinajstić information content (AvgIpc) is 3.07. The van der Waals surface area contributed by atoms with Gasteiger partial charge in [-0.2, -0.15) is 0 Å². The molecule has 1 aromatic heterocycles. The van der Waals surface area contributed by atoms with Gasteiger partial charge in [0.25, 0.3) is 5.91 Å². The first-order chi connectivity index (χ1) is 12.5. The van der Waals surface area contributed by atoms with Crippen LogP contribution in [-0.2, 0) is 0 Å². The van der Waals surface area contributed by atoms with Crippen molar-refractivity contribution in [1.82, 2.24) is 4.98 Å². The Labute approximate surface area is 153 Å². The first-order valence-electron chi connectivity index (χ1n) is 7.56. The van der Waals surface area contributed by atoms with Crippen LogP contribution in [0.3, 0.4) is 0 Å². The highest BCUT2D eigenvalue weighted by atomic mass is 35.5. The van der Waals surface area contributed by atoms with Crippen LogP contribution in [0.15, 0.2) is 30.3 Å². The lowest BCUT2D eigenvalue weighted by molar-refractivity contribution is 0.102. The van der Waals surface area contributed by atoms with Crippen molar-refractivity contribution in [3.8, 4) is 17.2 Å². The summed E-state index contributed by atoms with van der Waals surface area (Å²) in [5, 5.41) is 3.38. The molecule has 6 nitrogen and oxygen atoms in total. The first-order valence-corrected chi connectivity index (χ1v) is 7.94. The summed E-state index contributed by atoms with van der Waals surface area (Å²) in [6.45, 7) is 0. The highest BCUT2D eigenvalue weighted by Gasteiger charge is 2.20. The van der Waals surface area contributed by atoms with E-state index in [-0.39, 0.29) is 16.4 Å². The molecule has 3 rings (SSSR count). The lowest BCUT2D eigenvalue weighted by Gasteiger charge is -2.11. The summed E-state index contributed by atoms with van der Waals surface area (Å²) in [5.74, 6) is 0.240. The van der Waals surface area contributed by atoms with E-state index in [1.807, 2.05) is 0 Å². The summed E-state index contributed by atoms with van der Waals surface area (Å²) >= 11 is 5.72. The second kappa shape index (κ2) is 7.13. The van der Waals surface area contributed by atoms with Gasteiger partial charge in [-0.1, -0.05) is 11.6 Å². The molecule has 136 valence electrons. The number of halogens is 2. The molecule has 3 aromatic rings. The molecular weight excluding hydrogens is 363 g/mol. The van der Waals surface area contributed by atoms with E-state index in [0.29, 0.717) is 28.2 Å². The number of fused-ring (bicyclic) bond motifs is 1. The number of hydrogen-bond donors (Lipinski definition) is 2. The summed E-state index contributed by atoms with van der Waals surface area (Å²) < 4.78 is 29.9. The Balaban J connectivity index is 2.04. The predicted octanol–water partition coefficient (Wildman–Crippen LogP) is 4.24. The number of carbonyl (C=O) groups is 1. The zero-order chi connectivity index (χ0) is 18.8. The molecule has 0 saturated heterocycles. The van der Waals surface area contributed by atoms with E-state index >= 15 is 0 Å². The van der Waals surface area contributed by atoms with E-state index in [4.69, 9.17) is 25.8 Å². The number of ether oxygens (including phenoxy) is 3. The van der Waals surface area contributed by atoms with Crippen molar-refractivity contribution in [2.45, 2.75) is 0 Å². The minimum absolute atomic E-state index is 0.0227. The monoisotopic (exact) mass is 378 g/mol. The molecular formula is C18H16ClFN2O4. The minimum Gasteiger partial charge on any atom is -0.496 e. The van der Waals surface area contributed by atoms with Crippen molar-refractivity contribution in [1.29, 1.82) is 0 Å². The van der Waals surface area contributed by atoms with Gasteiger partial charge < -0.3 is 24.5 Å². The molecule has 0 saturated carbocycles. The number of benzene rings is 2. The minimum atomic E-state index is -0.626. The highest BCUT2D eigenvalue weighted by molar-refractivity contribution is 6.30. The van der Waals surface area contributed by atoms with Gasteiger partial charge in [0.05, 0.1) is 32.5 Å². The Morgan fingerprint density at radius 1 is 1.08 bits per heavy atom. The van der Waals surface area contributed by atoms with Gasteiger partial charge in [0.15, 0.2) is 11.5 Å². The lowest BCUT2D eigenvalue weighted by atomic mass is 10.2. The zero-order valence-corrected chi connectivity index (χ0v) is 15.0. The van der Waals surface area contributed by atoms with Crippen LogP contribution < -0.4 is 19.5 Å². The fourth-order valence-electron chi connectivity index (χ4n) is 2.64. The van der Waals surface area contributed by atoms with Gasteiger partial charge in [-0.15, -0.1) is 0 Å². The molecule has 2 aromatic carbocycles. The molecule has 0 bridgehead atoms. The SMILES string of the molecule is COc1cc(OC)c2cc(C(=O)Nc3ccc(Cl)cc3F)[nH]c2c1OC. The molecule has 0 aliphatic heterocycles. The maximum absolute atomic E-state index is 13.9. The van der Waals surface area contributed by atoms with Crippen LogP contribution in [0.1, 0.15) is 10.5 Å². The second-order valence-corrected chi connectivity index (χ2v) is 5.80. The summed E-state index contributed by atoms with van der Waals surface area (Å²) in [4.78, 5) is 15.5. The van der Waals surface area contributed by atoms with Crippen LogP contribution in [0.4, 0.5) is 10.1 Å². The van der Waals surface area contributed by atoms with Crippen molar-refractivity contribution >= 4 is 34.1 Å². The quantitative estimate of drug-likeness (QED) is 0.696. The fraction of sp³-hybridized carbons (Fsp3) is 0.167. The molecule has 2 N–H and O–H groups in total. The summed E-state index contributed by atoms with van der Waals surface area (Å²) in [7, 11) is 4.51. The average molecular weight is 379 g/mol. The molecule has 0 atom stereocenters. The molecule has 1 heterocycles. The summed E-state index contributed by atoms with van der Waals surface area (Å²) in [6.07, 6.45) is 0. The van der Waals surface area contributed by atoms with Crippen molar-refractivity contribution < 1.29 is 23.4 Å². The Hall–Kier alpha value is -2.93. The Morgan fingerprint density at radius 3 is 2.42 bits per heavy atom. The summed E-state index contributed by atoms with van der Waals surface area (Å²) in [5.41, 5.74) is 0.763. The van der Waals surface area contributed by atoms with Crippen LogP contribution in [0, 0.1) is 5.82 Å². The van der Waals surface area contributed by atoms with Crippen LogP contribution in [0.2, 0.25) is 5.02 Å². The van der Waals surface area contributed by atoms with E-state index < -0.39 is 11.7 Å². The van der Waals surface area contributed by atoms with Gasteiger partial charge in [-0.05, 0) is 24.3 Å². The maximum atomic E-state index is 13.9. The Morgan fingerprint density at radius 2 is 1.81 bits per heavy atom.